The van der Waals surface area contributed by atoms with Crippen LogP contribution in [0.5, 0.6) is 0 Å². The second-order valence-electron chi connectivity index (χ2n) is 10.7. The summed E-state index contributed by atoms with van der Waals surface area (Å²) in [6.07, 6.45) is 1.57. The maximum atomic E-state index is 13.4. The number of nitrogens with zero attached hydrogens (tertiary/aromatic N) is 6. The summed E-state index contributed by atoms with van der Waals surface area (Å²) in [6.45, 7) is 10.5. The highest BCUT2D eigenvalue weighted by molar-refractivity contribution is 7.18. The van der Waals surface area contributed by atoms with E-state index in [1.165, 1.54) is 21.7 Å². The number of benzene rings is 1. The normalized spacial score (nSPS) is 12.0. The molecule has 0 fully saturated rings. The molecule has 0 unspecified atom stereocenters. The molecule has 12 nitrogen and oxygen atoms in total. The zero-order chi connectivity index (χ0) is 28.9. The van der Waals surface area contributed by atoms with E-state index in [0.29, 0.717) is 21.5 Å². The summed E-state index contributed by atoms with van der Waals surface area (Å²) >= 11 is 7.86. The molecule has 4 aromatic rings. The van der Waals surface area contributed by atoms with Gasteiger partial charge in [-0.2, -0.15) is 9.78 Å². The molecule has 14 heteroatoms. The first-order chi connectivity index (χ1) is 18.1. The number of rotatable bonds is 3. The van der Waals surface area contributed by atoms with Gasteiger partial charge >= 0.3 is 12.2 Å². The number of nitrogen functional groups attached to an aromatic ring is 1. The van der Waals surface area contributed by atoms with E-state index < -0.39 is 23.4 Å². The molecule has 0 radical (unpaired) electrons. The van der Waals surface area contributed by atoms with Crippen molar-refractivity contribution in [2.24, 2.45) is 7.05 Å². The predicted molar refractivity (Wildman–Crippen MR) is 150 cm³/mol. The number of amides is 1. The van der Waals surface area contributed by atoms with Gasteiger partial charge in [-0.3, -0.25) is 4.79 Å². The number of hydrogen-bond acceptors (Lipinski definition) is 10. The molecule has 0 spiro atoms. The summed E-state index contributed by atoms with van der Waals surface area (Å²) in [7, 11) is 1.57. The van der Waals surface area contributed by atoms with Gasteiger partial charge in [0.05, 0.1) is 28.1 Å². The second-order valence-corrected chi connectivity index (χ2v) is 12.0. The average molecular weight is 574 g/mol. The molecule has 1 aromatic carbocycles. The minimum absolute atomic E-state index is 0.0474. The number of aryl methyl sites for hydroxylation is 1. The van der Waals surface area contributed by atoms with Gasteiger partial charge in [-0.15, -0.1) is 10.2 Å². The van der Waals surface area contributed by atoms with E-state index in [9.17, 15) is 14.4 Å². The molecule has 0 aliphatic rings. The Labute approximate surface area is 232 Å². The molecule has 39 heavy (non-hydrogen) atoms. The number of fused-ring (bicyclic) bond motifs is 1. The number of halogens is 1. The van der Waals surface area contributed by atoms with Crippen LogP contribution in [0.4, 0.5) is 26.1 Å². The molecule has 0 atom stereocenters. The van der Waals surface area contributed by atoms with Crippen LogP contribution in [0.15, 0.2) is 35.4 Å². The number of carbonyl (C=O) groups is 2. The number of anilines is 3. The lowest BCUT2D eigenvalue weighted by molar-refractivity contribution is 0.0521. The third kappa shape index (κ3) is 5.88. The summed E-state index contributed by atoms with van der Waals surface area (Å²) in [5, 5.41) is 13.7. The van der Waals surface area contributed by atoms with Crippen molar-refractivity contribution in [1.82, 2.24) is 24.5 Å². The fourth-order valence-electron chi connectivity index (χ4n) is 3.54. The Hall–Kier alpha value is -3.97. The zero-order valence-corrected chi connectivity index (χ0v) is 24.0. The molecule has 0 bridgehead atoms. The first-order valence-electron chi connectivity index (χ1n) is 11.8. The molecule has 4 rings (SSSR count). The molecule has 3 heterocycles. The third-order valence-electron chi connectivity index (χ3n) is 5.11. The summed E-state index contributed by atoms with van der Waals surface area (Å²) in [5.74, 6) is 0. The lowest BCUT2D eigenvalue weighted by Crippen LogP contribution is -2.34. The van der Waals surface area contributed by atoms with Crippen LogP contribution < -0.4 is 16.2 Å². The Morgan fingerprint density at radius 1 is 1.08 bits per heavy atom. The van der Waals surface area contributed by atoms with Gasteiger partial charge in [0.1, 0.15) is 11.2 Å². The van der Waals surface area contributed by atoms with Gasteiger partial charge in [0.2, 0.25) is 5.13 Å². The highest BCUT2D eigenvalue weighted by Crippen LogP contribution is 2.40. The van der Waals surface area contributed by atoms with Crippen molar-refractivity contribution in [3.05, 3.63) is 46.0 Å². The third-order valence-corrected chi connectivity index (χ3v) is 6.47. The van der Waals surface area contributed by atoms with Crippen LogP contribution in [0, 0.1) is 0 Å². The quantitative estimate of drug-likeness (QED) is 0.342. The van der Waals surface area contributed by atoms with E-state index in [1.54, 1.807) is 66.9 Å². The van der Waals surface area contributed by atoms with Gasteiger partial charge in [-0.05, 0) is 59.7 Å². The van der Waals surface area contributed by atoms with Crippen molar-refractivity contribution in [2.75, 3.05) is 10.6 Å². The molecule has 0 saturated heterocycles. The highest BCUT2D eigenvalue weighted by Gasteiger charge is 2.31. The largest absolute Gasteiger partial charge is 0.443 e. The molecular weight excluding hydrogens is 546 g/mol. The number of carbonyl (C=O) groups excluding carboxylic acids is 2. The van der Waals surface area contributed by atoms with Crippen LogP contribution in [-0.4, -0.2) is 47.9 Å². The first kappa shape index (κ1) is 28.0. The SMILES string of the molecule is Cn1cc(-c2nnc(N(C(=O)OC(C)(C)C)c3ccc4c(cnn4C(=O)OC(C)(C)C)c3Cl)s2)cc(N)c1=O. The number of pyridine rings is 1. The van der Waals surface area contributed by atoms with Crippen LogP contribution in [0.3, 0.4) is 0 Å². The van der Waals surface area contributed by atoms with E-state index in [2.05, 4.69) is 15.3 Å². The Morgan fingerprint density at radius 3 is 2.36 bits per heavy atom. The minimum Gasteiger partial charge on any atom is -0.443 e. The maximum absolute atomic E-state index is 13.4. The molecule has 0 saturated carbocycles. The molecule has 0 aliphatic carbocycles. The number of aromatic nitrogens is 5. The van der Waals surface area contributed by atoms with Gasteiger partial charge in [-0.25, -0.2) is 14.5 Å². The highest BCUT2D eigenvalue weighted by atomic mass is 35.5. The van der Waals surface area contributed by atoms with Crippen LogP contribution in [-0.2, 0) is 16.5 Å². The van der Waals surface area contributed by atoms with Crippen molar-refractivity contribution >= 4 is 62.5 Å². The van der Waals surface area contributed by atoms with Crippen molar-refractivity contribution < 1.29 is 19.1 Å². The van der Waals surface area contributed by atoms with E-state index >= 15 is 0 Å². The Bertz CT molecular complexity index is 1620. The molecule has 3 aromatic heterocycles. The molecule has 0 aliphatic heterocycles. The molecular formula is C25H28ClN7O5S. The maximum Gasteiger partial charge on any atom is 0.435 e. The number of nitrogens with two attached hydrogens (primary N) is 1. The Balaban J connectivity index is 1.82. The topological polar surface area (TPSA) is 147 Å². The van der Waals surface area contributed by atoms with Gasteiger partial charge in [0.15, 0.2) is 5.01 Å². The van der Waals surface area contributed by atoms with E-state index in [1.807, 2.05) is 0 Å². The van der Waals surface area contributed by atoms with Gasteiger partial charge in [0, 0.05) is 24.2 Å². The summed E-state index contributed by atoms with van der Waals surface area (Å²) < 4.78 is 13.5. The van der Waals surface area contributed by atoms with Crippen LogP contribution in [0.25, 0.3) is 21.5 Å². The number of hydrogen-bond donors (Lipinski definition) is 1. The van der Waals surface area contributed by atoms with Gasteiger partial charge in [0.25, 0.3) is 5.56 Å². The van der Waals surface area contributed by atoms with Crippen molar-refractivity contribution in [3.63, 3.8) is 0 Å². The second kappa shape index (κ2) is 9.97. The molecule has 206 valence electrons. The van der Waals surface area contributed by atoms with Crippen molar-refractivity contribution in [1.29, 1.82) is 0 Å². The average Bonchev–Trinajstić information content (AvgIpc) is 3.44. The van der Waals surface area contributed by atoms with Crippen molar-refractivity contribution in [3.8, 4) is 10.6 Å². The Morgan fingerprint density at radius 2 is 1.74 bits per heavy atom. The van der Waals surface area contributed by atoms with Gasteiger partial charge < -0.3 is 19.8 Å². The molecule has 1 amide bonds. The summed E-state index contributed by atoms with van der Waals surface area (Å²) in [4.78, 5) is 39.3. The standard InChI is InChI=1S/C25H28ClN7O5S/c1-24(2,3)37-22(35)32(21-30-29-19(39-21)13-10-15(27)20(34)31(7)12-13)17-9-8-16-14(18(17)26)11-28-33(16)23(36)38-25(4,5)6/h8-12H,27H2,1-7H3. The minimum atomic E-state index is -0.826. The summed E-state index contributed by atoms with van der Waals surface area (Å²) in [6, 6.07) is 4.65. The fourth-order valence-corrected chi connectivity index (χ4v) is 4.67. The lowest BCUT2D eigenvalue weighted by atomic mass is 10.2. The van der Waals surface area contributed by atoms with Crippen LogP contribution >= 0.6 is 22.9 Å². The van der Waals surface area contributed by atoms with Gasteiger partial charge in [-0.1, -0.05) is 22.9 Å². The zero-order valence-electron chi connectivity index (χ0n) is 22.5. The van der Waals surface area contributed by atoms with Crippen LogP contribution in [0.1, 0.15) is 41.5 Å². The smallest absolute Gasteiger partial charge is 0.435 e. The first-order valence-corrected chi connectivity index (χ1v) is 13.0. The van der Waals surface area contributed by atoms with E-state index in [4.69, 9.17) is 26.8 Å². The molecule has 2 N–H and O–H groups in total. The fraction of sp³-hybridized carbons (Fsp3) is 0.360. The van der Waals surface area contributed by atoms with E-state index in [-0.39, 0.29) is 27.1 Å². The van der Waals surface area contributed by atoms with Crippen molar-refractivity contribution in [2.45, 2.75) is 52.7 Å². The monoisotopic (exact) mass is 573 g/mol. The lowest BCUT2D eigenvalue weighted by Gasteiger charge is -2.26. The predicted octanol–water partition coefficient (Wildman–Crippen LogP) is 5.35. The summed E-state index contributed by atoms with van der Waals surface area (Å²) in [5.41, 5.74) is 5.17. The Kier molecular flexibility index (Phi) is 7.17. The van der Waals surface area contributed by atoms with E-state index in [0.717, 1.165) is 16.0 Å². The van der Waals surface area contributed by atoms with Crippen LogP contribution in [0.2, 0.25) is 5.02 Å². The number of ether oxygens (including phenoxy) is 2.